The minimum atomic E-state index is 0.0156. The first kappa shape index (κ1) is 19.4. The molecule has 144 valence electrons. The van der Waals surface area contributed by atoms with Crippen molar-refractivity contribution in [3.8, 4) is 6.07 Å². The molecule has 0 bridgehead atoms. The number of carbonyl (C=O) groups excluding carboxylic acids is 2. The van der Waals surface area contributed by atoms with E-state index >= 15 is 0 Å². The van der Waals surface area contributed by atoms with E-state index in [9.17, 15) is 14.9 Å². The smallest absolute Gasteiger partial charge is 0.222 e. The molecular formula is C21H28N4O2. The molecule has 0 radical (unpaired) electrons. The Morgan fingerprint density at radius 2 is 1.78 bits per heavy atom. The van der Waals surface area contributed by atoms with Gasteiger partial charge in [0.1, 0.15) is 0 Å². The van der Waals surface area contributed by atoms with E-state index < -0.39 is 0 Å². The van der Waals surface area contributed by atoms with Gasteiger partial charge in [0.2, 0.25) is 5.91 Å². The maximum absolute atomic E-state index is 12.6. The van der Waals surface area contributed by atoms with Gasteiger partial charge in [-0.2, -0.15) is 5.26 Å². The molecule has 6 nitrogen and oxygen atoms in total. The summed E-state index contributed by atoms with van der Waals surface area (Å²) in [4.78, 5) is 31.0. The number of piperidine rings is 1. The lowest BCUT2D eigenvalue weighted by Gasteiger charge is -2.36. The SMILES string of the molecule is CC(=O)c1ccc(C#N)cc1N1CCC(CC(=O)N2CCN(C)CC2)CC1. The fraction of sp³-hybridized carbons (Fsp3) is 0.571. The van der Waals surface area contributed by atoms with E-state index in [1.54, 1.807) is 19.1 Å². The number of benzene rings is 1. The maximum Gasteiger partial charge on any atom is 0.222 e. The lowest BCUT2D eigenvalue weighted by atomic mass is 9.92. The zero-order chi connectivity index (χ0) is 19.4. The fourth-order valence-electron chi connectivity index (χ4n) is 3.97. The van der Waals surface area contributed by atoms with Crippen LogP contribution < -0.4 is 4.90 Å². The normalized spacial score (nSPS) is 19.0. The highest BCUT2D eigenvalue weighted by Gasteiger charge is 2.26. The molecule has 2 fully saturated rings. The lowest BCUT2D eigenvalue weighted by molar-refractivity contribution is -0.133. The predicted molar refractivity (Wildman–Crippen MR) is 105 cm³/mol. The number of hydrogen-bond acceptors (Lipinski definition) is 5. The number of anilines is 1. The number of nitrogens with zero attached hydrogens (tertiary/aromatic N) is 4. The Morgan fingerprint density at radius 1 is 1.11 bits per heavy atom. The van der Waals surface area contributed by atoms with Gasteiger partial charge in [-0.05, 0) is 50.9 Å². The number of carbonyl (C=O) groups is 2. The summed E-state index contributed by atoms with van der Waals surface area (Å²) in [6.07, 6.45) is 2.50. The zero-order valence-electron chi connectivity index (χ0n) is 16.3. The van der Waals surface area contributed by atoms with Crippen LogP contribution in [0.3, 0.4) is 0 Å². The molecule has 6 heteroatoms. The number of likely N-dealkylation sites (N-methyl/N-ethyl adjacent to an activating group) is 1. The molecule has 0 aromatic heterocycles. The van der Waals surface area contributed by atoms with E-state index in [1.807, 2.05) is 11.0 Å². The van der Waals surface area contributed by atoms with Crippen LogP contribution in [0.5, 0.6) is 0 Å². The highest BCUT2D eigenvalue weighted by atomic mass is 16.2. The maximum atomic E-state index is 12.6. The first-order chi connectivity index (χ1) is 13.0. The van der Waals surface area contributed by atoms with Crippen molar-refractivity contribution >= 4 is 17.4 Å². The van der Waals surface area contributed by atoms with Crippen LogP contribution in [0.25, 0.3) is 0 Å². The number of rotatable bonds is 4. The molecule has 0 aliphatic carbocycles. The first-order valence-electron chi connectivity index (χ1n) is 9.74. The second-order valence-corrected chi connectivity index (χ2v) is 7.72. The Hall–Kier alpha value is -2.39. The molecule has 0 N–H and O–H groups in total. The molecule has 2 aliphatic rings. The second kappa shape index (κ2) is 8.53. The monoisotopic (exact) mass is 368 g/mol. The van der Waals surface area contributed by atoms with Gasteiger partial charge >= 0.3 is 0 Å². The van der Waals surface area contributed by atoms with Crippen LogP contribution in [-0.4, -0.2) is 67.8 Å². The number of nitriles is 1. The molecular weight excluding hydrogens is 340 g/mol. The zero-order valence-corrected chi connectivity index (χ0v) is 16.3. The Labute approximate surface area is 161 Å². The van der Waals surface area contributed by atoms with Crippen LogP contribution in [0.15, 0.2) is 18.2 Å². The number of Topliss-reactive ketones (excluding diaryl/α,β-unsaturated/α-hetero) is 1. The number of piperazine rings is 1. The first-order valence-corrected chi connectivity index (χ1v) is 9.74. The highest BCUT2D eigenvalue weighted by molar-refractivity contribution is 6.00. The topological polar surface area (TPSA) is 67.6 Å². The third kappa shape index (κ3) is 4.67. The van der Waals surface area contributed by atoms with Gasteiger partial charge in [0, 0.05) is 56.9 Å². The molecule has 0 unspecified atom stereocenters. The molecule has 2 saturated heterocycles. The molecule has 0 saturated carbocycles. The van der Waals surface area contributed by atoms with Gasteiger partial charge in [-0.25, -0.2) is 0 Å². The standard InChI is InChI=1S/C21H28N4O2/c1-16(26)19-4-3-18(15-22)13-20(19)24-7-5-17(6-8-24)14-21(27)25-11-9-23(2)10-12-25/h3-4,13,17H,5-12,14H2,1-2H3. The van der Waals surface area contributed by atoms with Gasteiger partial charge in [0.25, 0.3) is 0 Å². The van der Waals surface area contributed by atoms with Gasteiger partial charge in [-0.3, -0.25) is 9.59 Å². The fourth-order valence-corrected chi connectivity index (χ4v) is 3.97. The van der Waals surface area contributed by atoms with Crippen LogP contribution in [-0.2, 0) is 4.79 Å². The highest BCUT2D eigenvalue weighted by Crippen LogP contribution is 2.29. The van der Waals surface area contributed by atoms with E-state index in [0.29, 0.717) is 23.5 Å². The molecule has 0 atom stereocenters. The Morgan fingerprint density at radius 3 is 2.37 bits per heavy atom. The third-order valence-electron chi connectivity index (χ3n) is 5.78. The predicted octanol–water partition coefficient (Wildman–Crippen LogP) is 2.14. The van der Waals surface area contributed by atoms with Gasteiger partial charge in [-0.1, -0.05) is 0 Å². The van der Waals surface area contributed by atoms with Crippen molar-refractivity contribution in [3.63, 3.8) is 0 Å². The summed E-state index contributed by atoms with van der Waals surface area (Å²) in [5.74, 6) is 0.688. The second-order valence-electron chi connectivity index (χ2n) is 7.72. The number of hydrogen-bond donors (Lipinski definition) is 0. The Bertz CT molecular complexity index is 739. The van der Waals surface area contributed by atoms with Crippen LogP contribution in [0.2, 0.25) is 0 Å². The summed E-state index contributed by atoms with van der Waals surface area (Å²) in [5, 5.41) is 9.17. The quantitative estimate of drug-likeness (QED) is 0.762. The van der Waals surface area contributed by atoms with Crippen LogP contribution in [0.4, 0.5) is 5.69 Å². The molecule has 27 heavy (non-hydrogen) atoms. The summed E-state index contributed by atoms with van der Waals surface area (Å²) in [7, 11) is 2.09. The number of amides is 1. The summed E-state index contributed by atoms with van der Waals surface area (Å²) >= 11 is 0. The van der Waals surface area contributed by atoms with E-state index in [4.69, 9.17) is 0 Å². The van der Waals surface area contributed by atoms with Crippen molar-refractivity contribution in [1.29, 1.82) is 5.26 Å². The van der Waals surface area contributed by atoms with E-state index in [1.165, 1.54) is 0 Å². The van der Waals surface area contributed by atoms with E-state index in [2.05, 4.69) is 22.9 Å². The van der Waals surface area contributed by atoms with Gasteiger partial charge in [-0.15, -0.1) is 0 Å². The average molecular weight is 368 g/mol. The third-order valence-corrected chi connectivity index (χ3v) is 5.78. The van der Waals surface area contributed by atoms with Crippen molar-refractivity contribution in [3.05, 3.63) is 29.3 Å². The van der Waals surface area contributed by atoms with E-state index in [0.717, 1.165) is 57.8 Å². The van der Waals surface area contributed by atoms with Gasteiger partial charge in [0.05, 0.1) is 11.6 Å². The average Bonchev–Trinajstić information content (AvgIpc) is 2.68. The van der Waals surface area contributed by atoms with Gasteiger partial charge in [0.15, 0.2) is 5.78 Å². The Balaban J connectivity index is 1.58. The lowest BCUT2D eigenvalue weighted by Crippen LogP contribution is -2.47. The van der Waals surface area contributed by atoms with Crippen LogP contribution >= 0.6 is 0 Å². The van der Waals surface area contributed by atoms with Crippen molar-refractivity contribution in [2.24, 2.45) is 5.92 Å². The molecule has 2 heterocycles. The Kier molecular flexibility index (Phi) is 6.12. The van der Waals surface area contributed by atoms with Gasteiger partial charge < -0.3 is 14.7 Å². The summed E-state index contributed by atoms with van der Waals surface area (Å²) < 4.78 is 0. The van der Waals surface area contributed by atoms with Crippen molar-refractivity contribution < 1.29 is 9.59 Å². The molecule has 1 amide bonds. The van der Waals surface area contributed by atoms with Crippen molar-refractivity contribution in [2.75, 3.05) is 51.2 Å². The van der Waals surface area contributed by atoms with Crippen molar-refractivity contribution in [2.45, 2.75) is 26.2 Å². The molecule has 0 spiro atoms. The van der Waals surface area contributed by atoms with Crippen LogP contribution in [0, 0.1) is 17.2 Å². The summed E-state index contributed by atoms with van der Waals surface area (Å²) in [6, 6.07) is 7.41. The largest absolute Gasteiger partial charge is 0.371 e. The van der Waals surface area contributed by atoms with E-state index in [-0.39, 0.29) is 11.7 Å². The molecule has 2 aliphatic heterocycles. The minimum Gasteiger partial charge on any atom is -0.371 e. The van der Waals surface area contributed by atoms with Crippen molar-refractivity contribution in [1.82, 2.24) is 9.80 Å². The molecule has 1 aromatic carbocycles. The summed E-state index contributed by atoms with van der Waals surface area (Å²) in [5.41, 5.74) is 2.09. The number of ketones is 1. The summed E-state index contributed by atoms with van der Waals surface area (Å²) in [6.45, 7) is 6.76. The van der Waals surface area contributed by atoms with Crippen LogP contribution in [0.1, 0.15) is 42.1 Å². The molecule has 1 aromatic rings. The molecule has 3 rings (SSSR count). The minimum absolute atomic E-state index is 0.0156.